The molecule has 0 radical (unpaired) electrons. The minimum absolute atomic E-state index is 0.0561. The van der Waals surface area contributed by atoms with Crippen molar-refractivity contribution in [3.63, 3.8) is 0 Å². The van der Waals surface area contributed by atoms with Crippen LogP contribution in [0.5, 0.6) is 0 Å². The van der Waals surface area contributed by atoms with Gasteiger partial charge in [0.15, 0.2) is 0 Å². The van der Waals surface area contributed by atoms with E-state index in [0.29, 0.717) is 29.1 Å². The molecule has 3 nitrogen and oxygen atoms in total. The van der Waals surface area contributed by atoms with Crippen LogP contribution in [0.2, 0.25) is 0 Å². The highest BCUT2D eigenvalue weighted by atomic mass is 16.4. The van der Waals surface area contributed by atoms with Crippen molar-refractivity contribution < 1.29 is 15.0 Å². The van der Waals surface area contributed by atoms with E-state index in [-0.39, 0.29) is 6.10 Å². The minimum Gasteiger partial charge on any atom is -0.481 e. The van der Waals surface area contributed by atoms with E-state index in [2.05, 4.69) is 20.8 Å². The Morgan fingerprint density at radius 1 is 1.00 bits per heavy atom. The van der Waals surface area contributed by atoms with Crippen LogP contribution in [0.25, 0.3) is 0 Å². The van der Waals surface area contributed by atoms with Crippen molar-refractivity contribution >= 4 is 5.97 Å². The molecule has 27 heavy (non-hydrogen) atoms. The Labute approximate surface area is 165 Å². The van der Waals surface area contributed by atoms with Crippen molar-refractivity contribution in [3.8, 4) is 0 Å². The molecule has 0 aliphatic heterocycles. The summed E-state index contributed by atoms with van der Waals surface area (Å²) in [6.45, 7) is 7.43. The number of carbonyl (C=O) groups is 1. The van der Waals surface area contributed by atoms with E-state index in [9.17, 15) is 9.90 Å². The molecule has 9 atom stereocenters. The van der Waals surface area contributed by atoms with Crippen molar-refractivity contribution in [2.24, 2.45) is 46.3 Å². The number of carboxylic acids is 1. The third-order valence-electron chi connectivity index (χ3n) is 10.2. The molecular formula is C24H40O3. The van der Waals surface area contributed by atoms with E-state index in [0.717, 1.165) is 42.9 Å². The number of hydrogen-bond acceptors (Lipinski definition) is 2. The number of aliphatic hydroxyl groups excluding tert-OH is 1. The SMILES string of the molecule is C[C@H](CCC(=O)O)[C@@H]1CC[C@@H]2[C@H]3CC[C@@H]4C[C@H](O)CC[C@@]4(C)[C@@H]3CC[C@]21C. The summed E-state index contributed by atoms with van der Waals surface area (Å²) in [6, 6.07) is 0. The molecule has 4 fully saturated rings. The van der Waals surface area contributed by atoms with Crippen LogP contribution < -0.4 is 0 Å². The molecule has 3 heteroatoms. The lowest BCUT2D eigenvalue weighted by Gasteiger charge is -2.61. The number of carboxylic acid groups (broad SMARTS) is 1. The van der Waals surface area contributed by atoms with Crippen molar-refractivity contribution in [2.75, 3.05) is 0 Å². The Hall–Kier alpha value is -0.570. The quantitative estimate of drug-likeness (QED) is 0.680. The van der Waals surface area contributed by atoms with Gasteiger partial charge < -0.3 is 10.2 Å². The van der Waals surface area contributed by atoms with Gasteiger partial charge >= 0.3 is 5.97 Å². The summed E-state index contributed by atoms with van der Waals surface area (Å²) < 4.78 is 0. The van der Waals surface area contributed by atoms with Gasteiger partial charge in [-0.25, -0.2) is 0 Å². The minimum atomic E-state index is -0.643. The highest BCUT2D eigenvalue weighted by Crippen LogP contribution is 2.68. The van der Waals surface area contributed by atoms with Crippen LogP contribution in [0.1, 0.15) is 91.4 Å². The molecule has 4 aliphatic rings. The average Bonchev–Trinajstić information content (AvgIpc) is 2.97. The van der Waals surface area contributed by atoms with E-state index in [1.807, 2.05) is 0 Å². The first kappa shape index (κ1) is 19.7. The fourth-order valence-electron chi connectivity index (χ4n) is 8.76. The predicted molar refractivity (Wildman–Crippen MR) is 107 cm³/mol. The maximum Gasteiger partial charge on any atom is 0.303 e. The van der Waals surface area contributed by atoms with Gasteiger partial charge in [0.05, 0.1) is 6.10 Å². The van der Waals surface area contributed by atoms with Crippen LogP contribution in [-0.2, 0) is 4.79 Å². The lowest BCUT2D eigenvalue weighted by molar-refractivity contribution is -0.138. The van der Waals surface area contributed by atoms with Gasteiger partial charge in [0, 0.05) is 6.42 Å². The largest absolute Gasteiger partial charge is 0.481 e. The van der Waals surface area contributed by atoms with E-state index >= 15 is 0 Å². The number of aliphatic carboxylic acids is 1. The van der Waals surface area contributed by atoms with Crippen LogP contribution in [0.4, 0.5) is 0 Å². The summed E-state index contributed by atoms with van der Waals surface area (Å²) in [5.41, 5.74) is 0.882. The van der Waals surface area contributed by atoms with Gasteiger partial charge in [0.25, 0.3) is 0 Å². The lowest BCUT2D eigenvalue weighted by atomic mass is 9.44. The van der Waals surface area contributed by atoms with Crippen LogP contribution in [-0.4, -0.2) is 22.3 Å². The zero-order valence-electron chi connectivity index (χ0n) is 17.6. The van der Waals surface area contributed by atoms with Gasteiger partial charge in [-0.3, -0.25) is 4.79 Å². The fraction of sp³-hybridized carbons (Fsp3) is 0.958. The molecule has 2 N–H and O–H groups in total. The van der Waals surface area contributed by atoms with Crippen molar-refractivity contribution in [2.45, 2.75) is 97.5 Å². The van der Waals surface area contributed by atoms with Crippen LogP contribution in [0, 0.1) is 46.3 Å². The molecule has 0 heterocycles. The average molecular weight is 377 g/mol. The molecule has 0 spiro atoms. The Morgan fingerprint density at radius 2 is 1.70 bits per heavy atom. The highest BCUT2D eigenvalue weighted by Gasteiger charge is 2.60. The zero-order chi connectivity index (χ0) is 19.4. The van der Waals surface area contributed by atoms with Gasteiger partial charge in [-0.2, -0.15) is 0 Å². The second-order valence-corrected chi connectivity index (χ2v) is 11.2. The first-order valence-corrected chi connectivity index (χ1v) is 11.7. The Balaban J connectivity index is 1.51. The smallest absolute Gasteiger partial charge is 0.303 e. The standard InChI is InChI=1S/C24H40O3/c1-15(4-9-22(26)27)19-7-8-20-18-6-5-16-14-17(25)10-12-23(16,2)21(18)11-13-24(19,20)3/h15-21,25H,4-14H2,1-3H3,(H,26,27)/t15-,16-,17-,18-,19+,20-,21-,23-,24+/m1/s1. The van der Waals surface area contributed by atoms with Gasteiger partial charge in [-0.1, -0.05) is 20.8 Å². The topological polar surface area (TPSA) is 57.5 Å². The van der Waals surface area contributed by atoms with Crippen LogP contribution in [0.3, 0.4) is 0 Å². The van der Waals surface area contributed by atoms with E-state index < -0.39 is 5.97 Å². The van der Waals surface area contributed by atoms with Crippen LogP contribution in [0.15, 0.2) is 0 Å². The van der Waals surface area contributed by atoms with Crippen molar-refractivity contribution in [1.82, 2.24) is 0 Å². The summed E-state index contributed by atoms with van der Waals surface area (Å²) in [7, 11) is 0. The first-order valence-electron chi connectivity index (χ1n) is 11.7. The molecule has 4 saturated carbocycles. The van der Waals surface area contributed by atoms with E-state index in [1.54, 1.807) is 0 Å². The number of rotatable bonds is 4. The second-order valence-electron chi connectivity index (χ2n) is 11.2. The third kappa shape index (κ3) is 3.16. The van der Waals surface area contributed by atoms with E-state index in [4.69, 9.17) is 5.11 Å². The summed E-state index contributed by atoms with van der Waals surface area (Å²) in [4.78, 5) is 11.0. The first-order chi connectivity index (χ1) is 12.8. The third-order valence-corrected chi connectivity index (χ3v) is 10.2. The Morgan fingerprint density at radius 3 is 2.44 bits per heavy atom. The molecule has 0 unspecified atom stereocenters. The molecule has 4 rings (SSSR count). The molecule has 0 aromatic rings. The summed E-state index contributed by atoms with van der Waals surface area (Å²) in [6.07, 6.45) is 12.4. The second kappa shape index (κ2) is 7.04. The van der Waals surface area contributed by atoms with Crippen molar-refractivity contribution in [3.05, 3.63) is 0 Å². The summed E-state index contributed by atoms with van der Waals surface area (Å²) >= 11 is 0. The molecule has 0 amide bonds. The Bertz CT molecular complexity index is 574. The molecule has 154 valence electrons. The summed E-state index contributed by atoms with van der Waals surface area (Å²) in [5.74, 6) is 3.91. The molecule has 0 aromatic carbocycles. The normalized spacial score (nSPS) is 50.4. The maximum atomic E-state index is 11.0. The van der Waals surface area contributed by atoms with Crippen LogP contribution >= 0.6 is 0 Å². The Kier molecular flexibility index (Phi) is 5.15. The molecule has 0 aromatic heterocycles. The fourth-order valence-corrected chi connectivity index (χ4v) is 8.76. The van der Waals surface area contributed by atoms with Gasteiger partial charge in [-0.15, -0.1) is 0 Å². The van der Waals surface area contributed by atoms with Gasteiger partial charge in [0.2, 0.25) is 0 Å². The highest BCUT2D eigenvalue weighted by molar-refractivity contribution is 5.66. The maximum absolute atomic E-state index is 11.0. The molecular weight excluding hydrogens is 336 g/mol. The van der Waals surface area contributed by atoms with E-state index in [1.165, 1.54) is 44.9 Å². The number of hydrogen-bond donors (Lipinski definition) is 2. The number of aliphatic hydroxyl groups is 1. The molecule has 0 bridgehead atoms. The summed E-state index contributed by atoms with van der Waals surface area (Å²) in [5, 5.41) is 19.3. The predicted octanol–water partition coefficient (Wildman–Crippen LogP) is 5.51. The lowest BCUT2D eigenvalue weighted by Crippen LogP contribution is -2.54. The number of fused-ring (bicyclic) bond motifs is 5. The zero-order valence-corrected chi connectivity index (χ0v) is 17.6. The van der Waals surface area contributed by atoms with Gasteiger partial charge in [-0.05, 0) is 111 Å². The monoisotopic (exact) mass is 376 g/mol. The molecule has 0 saturated heterocycles. The molecule has 4 aliphatic carbocycles. The van der Waals surface area contributed by atoms with Crippen molar-refractivity contribution in [1.29, 1.82) is 0 Å². The van der Waals surface area contributed by atoms with Gasteiger partial charge in [0.1, 0.15) is 0 Å².